The molecule has 0 saturated carbocycles. The van der Waals surface area contributed by atoms with Crippen LogP contribution in [0.2, 0.25) is 0 Å². The Balaban J connectivity index is -0.0000000720. The summed E-state index contributed by atoms with van der Waals surface area (Å²) in [6, 6.07) is 0. The van der Waals surface area contributed by atoms with Crippen molar-refractivity contribution >= 4 is 36.4 Å². The average molecular weight is 240 g/mol. The molecule has 0 amide bonds. The smallest absolute Gasteiger partial charge is 0.0383 e. The van der Waals surface area contributed by atoms with Crippen LogP contribution < -0.4 is 10.2 Å². The van der Waals surface area contributed by atoms with Gasteiger partial charge in [-0.1, -0.05) is 0 Å². The van der Waals surface area contributed by atoms with Crippen LogP contribution in [0.15, 0.2) is 0 Å². The van der Waals surface area contributed by atoms with Gasteiger partial charge in [-0.2, -0.15) is 0 Å². The van der Waals surface area contributed by atoms with Crippen LogP contribution in [0, 0.1) is 0 Å². The Hall–Kier alpha value is -0.242. The molecule has 0 atom stereocenters. The van der Waals surface area contributed by atoms with Crippen LogP contribution in [-0.2, 0) is 9.59 Å². The van der Waals surface area contributed by atoms with Crippen LogP contribution >= 0.6 is 0 Å². The zero-order chi connectivity index (χ0) is 7.15. The molecule has 53 valence electrons. The maximum absolute atomic E-state index is 8.89. The van der Waals surface area contributed by atoms with Crippen LogP contribution in [0.3, 0.4) is 0 Å². The Morgan fingerprint density at radius 1 is 1.00 bits per heavy atom. The van der Waals surface area contributed by atoms with Crippen LogP contribution in [-0.4, -0.2) is 36.4 Å². The summed E-state index contributed by atoms with van der Waals surface area (Å²) in [5.74, 6) is -2.17. The van der Waals surface area contributed by atoms with Crippen molar-refractivity contribution in [1.29, 1.82) is 0 Å². The number of carbonyl (C=O) groups excluding carboxylic acids is 2. The molecule has 0 aliphatic heterocycles. The molecular weight excluding hydrogens is 234 g/mol. The third-order valence-corrected chi connectivity index (χ3v) is 0. The maximum Gasteiger partial charge on any atom is 0.0383 e. The molecule has 0 spiro atoms. The first-order valence-electron chi connectivity index (χ1n) is 1.82. The molecule has 0 aromatic carbocycles. The van der Waals surface area contributed by atoms with E-state index in [-0.39, 0.29) is 24.4 Å². The van der Waals surface area contributed by atoms with E-state index >= 15 is 0 Å². The van der Waals surface area contributed by atoms with Crippen molar-refractivity contribution in [1.82, 2.24) is 0 Å². The second kappa shape index (κ2) is 10.7. The fourth-order valence-corrected chi connectivity index (χ4v) is 0. The Morgan fingerprint density at radius 2 is 1.00 bits per heavy atom. The molecule has 5 heteroatoms. The van der Waals surface area contributed by atoms with E-state index in [1.54, 1.807) is 0 Å². The van der Waals surface area contributed by atoms with Gasteiger partial charge in [0.2, 0.25) is 0 Å². The fourth-order valence-electron chi connectivity index (χ4n) is 0. The summed E-state index contributed by atoms with van der Waals surface area (Å²) in [7, 11) is 0. The van der Waals surface area contributed by atoms with E-state index in [0.29, 0.717) is 0 Å². The van der Waals surface area contributed by atoms with E-state index in [0.717, 1.165) is 13.8 Å². The predicted octanol–water partition coefficient (Wildman–Crippen LogP) is -2.87. The van der Waals surface area contributed by atoms with Gasteiger partial charge < -0.3 is 19.8 Å². The summed E-state index contributed by atoms with van der Waals surface area (Å²) in [4.78, 5) is 17.8. The van der Waals surface area contributed by atoms with Gasteiger partial charge >= 0.3 is 0 Å². The number of carbonyl (C=O) groups is 2. The summed E-state index contributed by atoms with van der Waals surface area (Å²) >= 11 is 0. The Kier molecular flexibility index (Phi) is 18.9. The van der Waals surface area contributed by atoms with Crippen molar-refractivity contribution in [3.05, 3.63) is 0 Å². The number of hydrogen-bond donors (Lipinski definition) is 0. The standard InChI is InChI=1S/2C2H4O2.Sb/c2*1-2(3)4;/h2*1H3,(H,3,4);/p-2. The SMILES string of the molecule is CC(=O)[O-].CC(=O)[O-].[Sb]. The van der Waals surface area contributed by atoms with Gasteiger partial charge in [-0.3, -0.25) is 0 Å². The van der Waals surface area contributed by atoms with E-state index in [2.05, 4.69) is 0 Å². The van der Waals surface area contributed by atoms with Gasteiger partial charge in [-0.05, 0) is 13.8 Å². The molecule has 0 aliphatic rings. The van der Waals surface area contributed by atoms with Crippen LogP contribution in [0.4, 0.5) is 0 Å². The molecule has 4 nitrogen and oxygen atoms in total. The minimum Gasteiger partial charge on any atom is -0.550 e. The molecule has 0 saturated heterocycles. The van der Waals surface area contributed by atoms with Crippen molar-refractivity contribution in [3.63, 3.8) is 0 Å². The van der Waals surface area contributed by atoms with Gasteiger partial charge in [0.15, 0.2) is 0 Å². The first-order chi connectivity index (χ1) is 3.46. The molecule has 0 aromatic rings. The predicted molar refractivity (Wildman–Crippen MR) is 27.1 cm³/mol. The Labute approximate surface area is 70.3 Å². The number of aliphatic carboxylic acids is 2. The molecule has 0 unspecified atom stereocenters. The van der Waals surface area contributed by atoms with Crippen molar-refractivity contribution < 1.29 is 19.8 Å². The van der Waals surface area contributed by atoms with Crippen molar-refractivity contribution in [2.24, 2.45) is 0 Å². The fraction of sp³-hybridized carbons (Fsp3) is 0.500. The third kappa shape index (κ3) is 4400. The van der Waals surface area contributed by atoms with Crippen molar-refractivity contribution in [2.75, 3.05) is 0 Å². The van der Waals surface area contributed by atoms with Gasteiger partial charge in [-0.25, -0.2) is 0 Å². The molecule has 0 N–H and O–H groups in total. The summed E-state index contributed by atoms with van der Waals surface area (Å²) in [6.07, 6.45) is 0. The molecule has 0 aromatic heterocycles. The largest absolute Gasteiger partial charge is 0.550 e. The van der Waals surface area contributed by atoms with E-state index in [1.165, 1.54) is 0 Å². The van der Waals surface area contributed by atoms with E-state index in [9.17, 15) is 0 Å². The van der Waals surface area contributed by atoms with E-state index < -0.39 is 11.9 Å². The van der Waals surface area contributed by atoms with Crippen molar-refractivity contribution in [3.8, 4) is 0 Å². The zero-order valence-corrected chi connectivity index (χ0v) is 7.63. The van der Waals surface area contributed by atoms with Gasteiger partial charge in [0.05, 0.1) is 0 Å². The van der Waals surface area contributed by atoms with Crippen LogP contribution in [0.25, 0.3) is 0 Å². The Bertz CT molecular complexity index is 70.6. The molecule has 0 fully saturated rings. The second-order valence-corrected chi connectivity index (χ2v) is 0.983. The minimum absolute atomic E-state index is 0. The average Bonchev–Trinajstić information content (AvgIpc) is 1.25. The topological polar surface area (TPSA) is 80.3 Å². The molecule has 3 radical (unpaired) electrons. The van der Waals surface area contributed by atoms with Gasteiger partial charge in [0.25, 0.3) is 0 Å². The normalized spacial score (nSPS) is 5.56. The number of rotatable bonds is 0. The summed E-state index contributed by atoms with van der Waals surface area (Å²) in [6.45, 7) is 1.94. The molecule has 0 heterocycles. The zero-order valence-electron chi connectivity index (χ0n) is 5.08. The first-order valence-corrected chi connectivity index (χ1v) is 1.82. The van der Waals surface area contributed by atoms with Crippen LogP contribution in [0.1, 0.15) is 13.8 Å². The van der Waals surface area contributed by atoms with Gasteiger partial charge in [0.1, 0.15) is 0 Å². The quantitative estimate of drug-likeness (QED) is 0.426. The molecule has 0 bridgehead atoms. The number of carboxylic acid groups (broad SMARTS) is 2. The first kappa shape index (κ1) is 15.9. The van der Waals surface area contributed by atoms with Crippen LogP contribution in [0.5, 0.6) is 0 Å². The third-order valence-electron chi connectivity index (χ3n) is 0. The summed E-state index contributed by atoms with van der Waals surface area (Å²) in [5, 5.41) is 17.8. The van der Waals surface area contributed by atoms with E-state index in [1.807, 2.05) is 0 Å². The Morgan fingerprint density at radius 3 is 1.00 bits per heavy atom. The summed E-state index contributed by atoms with van der Waals surface area (Å²) < 4.78 is 0. The molecular formula is C4H6O4Sb-2. The van der Waals surface area contributed by atoms with Gasteiger partial charge in [-0.15, -0.1) is 0 Å². The molecule has 9 heavy (non-hydrogen) atoms. The monoisotopic (exact) mass is 239 g/mol. The maximum atomic E-state index is 8.89. The number of carboxylic acids is 2. The van der Waals surface area contributed by atoms with E-state index in [4.69, 9.17) is 19.8 Å². The van der Waals surface area contributed by atoms with Crippen molar-refractivity contribution in [2.45, 2.75) is 13.8 Å². The molecule has 0 rings (SSSR count). The second-order valence-electron chi connectivity index (χ2n) is 0.983. The molecule has 0 aliphatic carbocycles. The summed E-state index contributed by atoms with van der Waals surface area (Å²) in [5.41, 5.74) is 0. The number of hydrogen-bond acceptors (Lipinski definition) is 4. The minimum atomic E-state index is -1.08. The van der Waals surface area contributed by atoms with Gasteiger partial charge in [0, 0.05) is 36.4 Å².